The van der Waals surface area contributed by atoms with Crippen LogP contribution in [0.5, 0.6) is 0 Å². The van der Waals surface area contributed by atoms with E-state index in [1.165, 1.54) is 0 Å². The normalized spacial score (nSPS) is 7.67. The maximum Gasteiger partial charge on any atom is 2.00 e. The van der Waals surface area contributed by atoms with Crippen molar-refractivity contribution in [3.63, 3.8) is 0 Å². The molecule has 0 atom stereocenters. The molecule has 0 spiro atoms. The number of rotatable bonds is 0. The molecular formula is C7H6Cl2N2Pt. The van der Waals surface area contributed by atoms with Gasteiger partial charge in [-0.1, -0.05) is 12.1 Å². The van der Waals surface area contributed by atoms with Gasteiger partial charge in [-0.2, -0.15) is 0 Å². The number of aromatic nitrogens is 2. The van der Waals surface area contributed by atoms with Crippen LogP contribution in [0.2, 0.25) is 0 Å². The summed E-state index contributed by atoms with van der Waals surface area (Å²) in [6.07, 6.45) is 1.70. The monoisotopic (exact) mass is 383 g/mol. The van der Waals surface area contributed by atoms with E-state index in [0.29, 0.717) is 0 Å². The van der Waals surface area contributed by atoms with Crippen LogP contribution >= 0.6 is 0 Å². The van der Waals surface area contributed by atoms with E-state index in [0.717, 1.165) is 11.0 Å². The summed E-state index contributed by atoms with van der Waals surface area (Å²) in [6, 6.07) is 7.94. The first-order valence-electron chi connectivity index (χ1n) is 2.85. The number of halogens is 2. The molecule has 1 aromatic carbocycles. The van der Waals surface area contributed by atoms with Gasteiger partial charge in [-0.3, -0.25) is 0 Å². The van der Waals surface area contributed by atoms with E-state index in [1.807, 2.05) is 24.3 Å². The maximum absolute atomic E-state index is 4.06. The van der Waals surface area contributed by atoms with Crippen molar-refractivity contribution in [3.8, 4) is 0 Å². The van der Waals surface area contributed by atoms with Crippen molar-refractivity contribution in [1.29, 1.82) is 0 Å². The zero-order chi connectivity index (χ0) is 6.10. The number of fused-ring (bicyclic) bond motifs is 1. The minimum atomic E-state index is 0. The number of benzene rings is 1. The Morgan fingerprint density at radius 3 is 2.42 bits per heavy atom. The molecule has 0 aliphatic carbocycles. The predicted molar refractivity (Wildman–Crippen MR) is 36.1 cm³/mol. The van der Waals surface area contributed by atoms with Crippen molar-refractivity contribution >= 4 is 11.0 Å². The Balaban J connectivity index is 0. The van der Waals surface area contributed by atoms with Gasteiger partial charge in [0, 0.05) is 0 Å². The topological polar surface area (TPSA) is 28.7 Å². The van der Waals surface area contributed by atoms with Gasteiger partial charge in [-0.05, 0) is 12.1 Å². The minimum Gasteiger partial charge on any atom is -1.00 e. The van der Waals surface area contributed by atoms with E-state index in [4.69, 9.17) is 0 Å². The molecule has 0 saturated heterocycles. The quantitative estimate of drug-likeness (QED) is 0.488. The second-order valence-electron chi connectivity index (χ2n) is 1.92. The molecule has 1 N–H and O–H groups in total. The van der Waals surface area contributed by atoms with Crippen LogP contribution in [-0.4, -0.2) is 9.97 Å². The Hall–Kier alpha value is -0.0417. The van der Waals surface area contributed by atoms with E-state index in [1.54, 1.807) is 6.33 Å². The van der Waals surface area contributed by atoms with Crippen LogP contribution in [0.25, 0.3) is 11.0 Å². The second-order valence-corrected chi connectivity index (χ2v) is 1.92. The van der Waals surface area contributed by atoms with Crippen LogP contribution in [0.15, 0.2) is 30.6 Å². The molecule has 0 fully saturated rings. The molecule has 0 saturated carbocycles. The first-order chi connectivity index (χ1) is 4.47. The number of hydrogen-bond acceptors (Lipinski definition) is 1. The molecule has 68 valence electrons. The molecule has 0 aliphatic heterocycles. The Bertz CT molecular complexity index is 293. The van der Waals surface area contributed by atoms with Crippen molar-refractivity contribution in [2.75, 3.05) is 0 Å². The molecule has 2 nitrogen and oxygen atoms in total. The molecule has 5 heteroatoms. The van der Waals surface area contributed by atoms with Crippen LogP contribution in [0.3, 0.4) is 0 Å². The van der Waals surface area contributed by atoms with E-state index in [2.05, 4.69) is 9.97 Å². The van der Waals surface area contributed by atoms with Crippen molar-refractivity contribution < 1.29 is 45.9 Å². The SMILES string of the molecule is [Cl-].[Cl-].[Pt+2].c1ccc2[nH]cnc2c1. The Labute approximate surface area is 97.2 Å². The smallest absolute Gasteiger partial charge is 1.00 e. The van der Waals surface area contributed by atoms with Crippen molar-refractivity contribution in [1.82, 2.24) is 9.97 Å². The fourth-order valence-electron chi connectivity index (χ4n) is 0.880. The van der Waals surface area contributed by atoms with Gasteiger partial charge >= 0.3 is 21.1 Å². The number of H-pyrrole nitrogens is 1. The van der Waals surface area contributed by atoms with Gasteiger partial charge in [0.15, 0.2) is 0 Å². The van der Waals surface area contributed by atoms with Gasteiger partial charge in [0.1, 0.15) is 0 Å². The summed E-state index contributed by atoms with van der Waals surface area (Å²) < 4.78 is 0. The summed E-state index contributed by atoms with van der Waals surface area (Å²) in [5.74, 6) is 0. The van der Waals surface area contributed by atoms with Crippen LogP contribution in [0.4, 0.5) is 0 Å². The maximum atomic E-state index is 4.06. The van der Waals surface area contributed by atoms with E-state index in [-0.39, 0.29) is 45.9 Å². The second kappa shape index (κ2) is 6.47. The third-order valence-electron chi connectivity index (χ3n) is 1.33. The zero-order valence-corrected chi connectivity index (χ0v) is 9.69. The first-order valence-corrected chi connectivity index (χ1v) is 2.85. The molecular weight excluding hydrogens is 378 g/mol. The molecule has 2 aromatic rings. The van der Waals surface area contributed by atoms with E-state index in [9.17, 15) is 0 Å². The van der Waals surface area contributed by atoms with Crippen molar-refractivity contribution in [2.45, 2.75) is 0 Å². The number of aromatic amines is 1. The standard InChI is InChI=1S/C7H6N2.2ClH.Pt/c1-2-4-7-6(3-1)8-5-9-7;;;/h1-5H,(H,8,9);2*1H;/q;;;+2/p-2. The molecule has 1 aromatic heterocycles. The Morgan fingerprint density at radius 2 is 1.75 bits per heavy atom. The Kier molecular flexibility index (Phi) is 7.81. The van der Waals surface area contributed by atoms with Crippen molar-refractivity contribution in [3.05, 3.63) is 30.6 Å². The van der Waals surface area contributed by atoms with E-state index < -0.39 is 0 Å². The number of nitrogens with zero attached hydrogens (tertiary/aromatic N) is 1. The molecule has 12 heavy (non-hydrogen) atoms. The molecule has 0 aliphatic rings. The summed E-state index contributed by atoms with van der Waals surface area (Å²) in [5.41, 5.74) is 2.12. The van der Waals surface area contributed by atoms with Gasteiger partial charge in [0.25, 0.3) is 0 Å². The van der Waals surface area contributed by atoms with Crippen LogP contribution in [0.1, 0.15) is 0 Å². The molecule has 0 radical (unpaired) electrons. The average molecular weight is 384 g/mol. The van der Waals surface area contributed by atoms with Gasteiger partial charge in [-0.15, -0.1) is 0 Å². The fraction of sp³-hybridized carbons (Fsp3) is 0. The van der Waals surface area contributed by atoms with Gasteiger partial charge in [-0.25, -0.2) is 4.98 Å². The summed E-state index contributed by atoms with van der Waals surface area (Å²) in [4.78, 5) is 7.07. The number of hydrogen-bond donors (Lipinski definition) is 1. The summed E-state index contributed by atoms with van der Waals surface area (Å²) >= 11 is 0. The largest absolute Gasteiger partial charge is 2.00 e. The number of imidazole rings is 1. The molecule has 0 unspecified atom stereocenters. The Morgan fingerprint density at radius 1 is 1.08 bits per heavy atom. The molecule has 0 bridgehead atoms. The summed E-state index contributed by atoms with van der Waals surface area (Å²) in [7, 11) is 0. The number of nitrogens with one attached hydrogen (secondary N) is 1. The summed E-state index contributed by atoms with van der Waals surface area (Å²) in [5, 5.41) is 0. The van der Waals surface area contributed by atoms with Crippen molar-refractivity contribution in [2.24, 2.45) is 0 Å². The third kappa shape index (κ3) is 2.78. The molecule has 2 rings (SSSR count). The third-order valence-corrected chi connectivity index (χ3v) is 1.33. The van der Waals surface area contributed by atoms with Crippen LogP contribution in [0, 0.1) is 0 Å². The predicted octanol–water partition coefficient (Wildman–Crippen LogP) is -4.43. The van der Waals surface area contributed by atoms with Crippen LogP contribution in [-0.2, 0) is 21.1 Å². The van der Waals surface area contributed by atoms with Gasteiger partial charge in [0.2, 0.25) is 0 Å². The van der Waals surface area contributed by atoms with Gasteiger partial charge < -0.3 is 29.8 Å². The first kappa shape index (κ1) is 14.5. The number of para-hydroxylation sites is 2. The van der Waals surface area contributed by atoms with Gasteiger partial charge in [0.05, 0.1) is 17.4 Å². The van der Waals surface area contributed by atoms with Crippen LogP contribution < -0.4 is 24.8 Å². The summed E-state index contributed by atoms with van der Waals surface area (Å²) in [6.45, 7) is 0. The average Bonchev–Trinajstić information content (AvgIpc) is 2.33. The van der Waals surface area contributed by atoms with E-state index >= 15 is 0 Å². The fourth-order valence-corrected chi connectivity index (χ4v) is 0.880. The minimum absolute atomic E-state index is 0. The molecule has 1 heterocycles. The molecule has 0 amide bonds. The zero-order valence-electron chi connectivity index (χ0n) is 5.91.